The van der Waals surface area contributed by atoms with E-state index in [1.54, 1.807) is 12.1 Å². The van der Waals surface area contributed by atoms with E-state index in [9.17, 15) is 4.39 Å². The number of allylic oxidation sites excluding steroid dienone is 2. The number of rotatable bonds is 8. The second-order valence-corrected chi connectivity index (χ2v) is 9.19. The summed E-state index contributed by atoms with van der Waals surface area (Å²) in [7, 11) is 0. The van der Waals surface area contributed by atoms with Gasteiger partial charge in [-0.25, -0.2) is 4.39 Å². The Morgan fingerprint density at radius 3 is 2.15 bits per heavy atom. The van der Waals surface area contributed by atoms with Crippen LogP contribution in [0.4, 0.5) is 4.39 Å². The SMILES string of the molecule is CCCCC=CC1CCC(C2CCC(CCc3ccc(F)cc3)CC2)CC1. The van der Waals surface area contributed by atoms with Gasteiger partial charge in [-0.3, -0.25) is 0 Å². The summed E-state index contributed by atoms with van der Waals surface area (Å²) in [6.07, 6.45) is 22.8. The maximum absolute atomic E-state index is 13.0. The van der Waals surface area contributed by atoms with Crippen LogP contribution in [0, 0.1) is 29.5 Å². The van der Waals surface area contributed by atoms with Crippen molar-refractivity contribution in [1.82, 2.24) is 0 Å². The van der Waals surface area contributed by atoms with Crippen LogP contribution in [0.25, 0.3) is 0 Å². The van der Waals surface area contributed by atoms with E-state index in [1.807, 2.05) is 12.1 Å². The fourth-order valence-electron chi connectivity index (χ4n) is 5.39. The van der Waals surface area contributed by atoms with Crippen LogP contribution in [-0.4, -0.2) is 0 Å². The van der Waals surface area contributed by atoms with Gasteiger partial charge in [-0.1, -0.05) is 56.9 Å². The normalized spacial score (nSPS) is 29.3. The first kappa shape index (κ1) is 20.6. The molecule has 0 saturated heterocycles. The molecule has 3 rings (SSSR count). The fourth-order valence-corrected chi connectivity index (χ4v) is 5.39. The molecular weight excluding hydrogens is 331 g/mol. The fraction of sp³-hybridized carbons (Fsp3) is 0.692. The molecule has 2 aliphatic carbocycles. The van der Waals surface area contributed by atoms with Gasteiger partial charge >= 0.3 is 0 Å². The minimum absolute atomic E-state index is 0.120. The number of aryl methyl sites for hydroxylation is 1. The Kier molecular flexibility index (Phi) is 8.42. The van der Waals surface area contributed by atoms with Crippen molar-refractivity contribution in [2.24, 2.45) is 23.7 Å². The lowest BCUT2D eigenvalue weighted by Gasteiger charge is -2.37. The van der Waals surface area contributed by atoms with Crippen molar-refractivity contribution in [2.75, 3.05) is 0 Å². The summed E-state index contributed by atoms with van der Waals surface area (Å²) in [4.78, 5) is 0. The molecule has 0 bridgehead atoms. The summed E-state index contributed by atoms with van der Waals surface area (Å²) in [5, 5.41) is 0. The molecule has 0 N–H and O–H groups in total. The third-order valence-corrected chi connectivity index (χ3v) is 7.26. The minimum Gasteiger partial charge on any atom is -0.207 e. The van der Waals surface area contributed by atoms with E-state index < -0.39 is 0 Å². The van der Waals surface area contributed by atoms with Crippen LogP contribution >= 0.6 is 0 Å². The van der Waals surface area contributed by atoms with Gasteiger partial charge in [-0.05, 0) is 99.2 Å². The summed E-state index contributed by atoms with van der Waals surface area (Å²) in [5.74, 6) is 3.64. The molecule has 0 atom stereocenters. The molecule has 1 aromatic rings. The van der Waals surface area contributed by atoms with Gasteiger partial charge in [0.25, 0.3) is 0 Å². The summed E-state index contributed by atoms with van der Waals surface area (Å²) in [6.45, 7) is 2.27. The quantitative estimate of drug-likeness (QED) is 0.320. The lowest BCUT2D eigenvalue weighted by atomic mass is 9.68. The predicted octanol–water partition coefficient (Wildman–Crippen LogP) is 8.12. The molecule has 0 amide bonds. The Morgan fingerprint density at radius 2 is 1.52 bits per heavy atom. The Hall–Kier alpha value is -1.11. The largest absolute Gasteiger partial charge is 0.207 e. The van der Waals surface area contributed by atoms with Gasteiger partial charge in [-0.2, -0.15) is 0 Å². The van der Waals surface area contributed by atoms with E-state index in [-0.39, 0.29) is 5.82 Å². The van der Waals surface area contributed by atoms with Gasteiger partial charge in [0, 0.05) is 0 Å². The van der Waals surface area contributed by atoms with E-state index in [0.717, 1.165) is 30.1 Å². The lowest BCUT2D eigenvalue weighted by molar-refractivity contribution is 0.152. The monoisotopic (exact) mass is 370 g/mol. The molecule has 0 radical (unpaired) electrons. The number of benzene rings is 1. The van der Waals surface area contributed by atoms with E-state index in [0.29, 0.717) is 0 Å². The van der Waals surface area contributed by atoms with Crippen molar-refractivity contribution in [3.63, 3.8) is 0 Å². The highest BCUT2D eigenvalue weighted by atomic mass is 19.1. The van der Waals surface area contributed by atoms with Crippen LogP contribution in [0.5, 0.6) is 0 Å². The molecular formula is C26H39F. The maximum atomic E-state index is 13.0. The third-order valence-electron chi connectivity index (χ3n) is 7.26. The first-order valence-corrected chi connectivity index (χ1v) is 11.7. The lowest BCUT2D eigenvalue weighted by Crippen LogP contribution is -2.25. The number of hydrogen-bond donors (Lipinski definition) is 0. The highest BCUT2D eigenvalue weighted by molar-refractivity contribution is 5.16. The first-order valence-electron chi connectivity index (χ1n) is 11.7. The molecule has 0 spiro atoms. The topological polar surface area (TPSA) is 0 Å². The molecule has 1 heteroatoms. The molecule has 2 saturated carbocycles. The zero-order chi connectivity index (χ0) is 18.9. The van der Waals surface area contributed by atoms with E-state index in [4.69, 9.17) is 0 Å². The number of hydrogen-bond acceptors (Lipinski definition) is 0. The Balaban J connectivity index is 1.32. The molecule has 1 aromatic carbocycles. The molecule has 0 unspecified atom stereocenters. The Morgan fingerprint density at radius 1 is 0.889 bits per heavy atom. The molecule has 27 heavy (non-hydrogen) atoms. The second-order valence-electron chi connectivity index (χ2n) is 9.19. The Labute approximate surface area is 166 Å². The second kappa shape index (κ2) is 11.0. The van der Waals surface area contributed by atoms with Crippen molar-refractivity contribution < 1.29 is 4.39 Å². The molecule has 0 aromatic heterocycles. The van der Waals surface area contributed by atoms with Crippen LogP contribution in [0.3, 0.4) is 0 Å². The van der Waals surface area contributed by atoms with E-state index in [1.165, 1.54) is 82.6 Å². The van der Waals surface area contributed by atoms with Crippen LogP contribution in [0.15, 0.2) is 36.4 Å². The summed E-state index contributed by atoms with van der Waals surface area (Å²) in [6, 6.07) is 7.11. The van der Waals surface area contributed by atoms with Crippen LogP contribution in [0.2, 0.25) is 0 Å². The van der Waals surface area contributed by atoms with Crippen molar-refractivity contribution in [3.8, 4) is 0 Å². The zero-order valence-electron chi connectivity index (χ0n) is 17.3. The minimum atomic E-state index is -0.120. The van der Waals surface area contributed by atoms with Gasteiger partial charge in [0.05, 0.1) is 0 Å². The van der Waals surface area contributed by atoms with Crippen molar-refractivity contribution in [3.05, 3.63) is 47.8 Å². The molecule has 150 valence electrons. The third kappa shape index (κ3) is 6.77. The summed E-state index contributed by atoms with van der Waals surface area (Å²) in [5.41, 5.74) is 1.30. The summed E-state index contributed by atoms with van der Waals surface area (Å²) < 4.78 is 13.0. The first-order chi connectivity index (χ1) is 13.2. The highest BCUT2D eigenvalue weighted by Gasteiger charge is 2.30. The van der Waals surface area contributed by atoms with Crippen molar-refractivity contribution >= 4 is 0 Å². The maximum Gasteiger partial charge on any atom is 0.123 e. The van der Waals surface area contributed by atoms with Crippen LogP contribution in [0.1, 0.15) is 89.5 Å². The molecule has 2 aliphatic rings. The molecule has 0 nitrogen and oxygen atoms in total. The average Bonchev–Trinajstić information content (AvgIpc) is 2.72. The Bertz CT molecular complexity index is 542. The number of halogens is 1. The van der Waals surface area contributed by atoms with Gasteiger partial charge in [0.1, 0.15) is 5.82 Å². The smallest absolute Gasteiger partial charge is 0.123 e. The zero-order valence-corrected chi connectivity index (χ0v) is 17.3. The van der Waals surface area contributed by atoms with Crippen molar-refractivity contribution in [1.29, 1.82) is 0 Å². The highest BCUT2D eigenvalue weighted by Crippen LogP contribution is 2.42. The van der Waals surface area contributed by atoms with Gasteiger partial charge < -0.3 is 0 Å². The van der Waals surface area contributed by atoms with Crippen LogP contribution in [-0.2, 0) is 6.42 Å². The predicted molar refractivity (Wildman–Crippen MR) is 114 cm³/mol. The van der Waals surface area contributed by atoms with E-state index >= 15 is 0 Å². The average molecular weight is 371 g/mol. The van der Waals surface area contributed by atoms with Crippen molar-refractivity contribution in [2.45, 2.75) is 90.4 Å². The number of unbranched alkanes of at least 4 members (excludes halogenated alkanes) is 2. The van der Waals surface area contributed by atoms with Crippen LogP contribution < -0.4 is 0 Å². The molecule has 2 fully saturated rings. The molecule has 0 aliphatic heterocycles. The summed E-state index contributed by atoms with van der Waals surface area (Å²) >= 11 is 0. The van der Waals surface area contributed by atoms with E-state index in [2.05, 4.69) is 19.1 Å². The standard InChI is InChI=1S/C26H39F/c1-2-3-4-5-6-21-9-15-24(16-10-21)25-17-11-22(12-18-25)7-8-23-13-19-26(27)20-14-23/h5-6,13-14,19-22,24-25H,2-4,7-12,15-18H2,1H3. The van der Waals surface area contributed by atoms with Gasteiger partial charge in [-0.15, -0.1) is 0 Å². The van der Waals surface area contributed by atoms with Gasteiger partial charge in [0.2, 0.25) is 0 Å². The molecule has 0 heterocycles. The van der Waals surface area contributed by atoms with Gasteiger partial charge in [0.15, 0.2) is 0 Å².